The summed E-state index contributed by atoms with van der Waals surface area (Å²) in [4.78, 5) is 19.1. The Labute approximate surface area is 180 Å². The standard InChI is InChI=1S/C23H25N3O3S/c1-28-16-10-11-19(29-2)18(13-16)26-22(27)21-17-8-3-4-9-20(17)30-23(21)25-14-15-7-5-6-12-24-15/h5-7,10-13,25H,3-4,8-9,14H2,1-2H3,(H,26,27). The van der Waals surface area contributed by atoms with Crippen LogP contribution in [0.2, 0.25) is 0 Å². The van der Waals surface area contributed by atoms with E-state index < -0.39 is 0 Å². The number of hydrogen-bond acceptors (Lipinski definition) is 6. The molecular formula is C23H25N3O3S. The van der Waals surface area contributed by atoms with E-state index in [-0.39, 0.29) is 5.91 Å². The highest BCUT2D eigenvalue weighted by Crippen LogP contribution is 2.39. The van der Waals surface area contributed by atoms with Gasteiger partial charge >= 0.3 is 0 Å². The van der Waals surface area contributed by atoms with Crippen molar-refractivity contribution in [1.29, 1.82) is 0 Å². The van der Waals surface area contributed by atoms with Crippen molar-refractivity contribution in [2.24, 2.45) is 0 Å². The minimum absolute atomic E-state index is 0.135. The molecular weight excluding hydrogens is 398 g/mol. The summed E-state index contributed by atoms with van der Waals surface area (Å²) < 4.78 is 10.7. The average molecular weight is 424 g/mol. The average Bonchev–Trinajstić information content (AvgIpc) is 3.17. The minimum atomic E-state index is -0.135. The van der Waals surface area contributed by atoms with Crippen LogP contribution in [0.5, 0.6) is 11.5 Å². The van der Waals surface area contributed by atoms with E-state index in [0.717, 1.165) is 47.5 Å². The molecule has 2 heterocycles. The van der Waals surface area contributed by atoms with E-state index in [1.807, 2.05) is 18.2 Å². The highest BCUT2D eigenvalue weighted by Gasteiger charge is 2.26. The number of benzene rings is 1. The van der Waals surface area contributed by atoms with Gasteiger partial charge in [0.05, 0.1) is 37.7 Å². The molecule has 0 radical (unpaired) electrons. The smallest absolute Gasteiger partial charge is 0.259 e. The highest BCUT2D eigenvalue weighted by atomic mass is 32.1. The third-order valence-corrected chi connectivity index (χ3v) is 6.46. The number of nitrogens with zero attached hydrogens (tertiary/aromatic N) is 1. The molecule has 1 aliphatic rings. The Morgan fingerprint density at radius 3 is 2.77 bits per heavy atom. The Bertz CT molecular complexity index is 1030. The fourth-order valence-corrected chi connectivity index (χ4v) is 4.98. The Morgan fingerprint density at radius 2 is 2.00 bits per heavy atom. The van der Waals surface area contributed by atoms with Gasteiger partial charge in [-0.1, -0.05) is 6.07 Å². The molecule has 0 saturated heterocycles. The van der Waals surface area contributed by atoms with Crippen LogP contribution in [0.15, 0.2) is 42.6 Å². The van der Waals surface area contributed by atoms with Crippen molar-refractivity contribution >= 4 is 27.9 Å². The van der Waals surface area contributed by atoms with Gasteiger partial charge in [0.2, 0.25) is 0 Å². The number of carbonyl (C=O) groups is 1. The number of fused-ring (bicyclic) bond motifs is 1. The van der Waals surface area contributed by atoms with Crippen molar-refractivity contribution in [1.82, 2.24) is 4.98 Å². The van der Waals surface area contributed by atoms with Gasteiger partial charge < -0.3 is 20.1 Å². The highest BCUT2D eigenvalue weighted by molar-refractivity contribution is 7.16. The molecule has 0 aliphatic heterocycles. The van der Waals surface area contributed by atoms with Crippen LogP contribution in [0.3, 0.4) is 0 Å². The lowest BCUT2D eigenvalue weighted by Gasteiger charge is -2.15. The molecule has 6 nitrogen and oxygen atoms in total. The van der Waals surface area contributed by atoms with Gasteiger partial charge in [0.15, 0.2) is 0 Å². The van der Waals surface area contributed by atoms with Crippen molar-refractivity contribution in [2.45, 2.75) is 32.2 Å². The number of rotatable bonds is 7. The number of methoxy groups -OCH3 is 2. The number of ether oxygens (including phenoxy) is 2. The van der Waals surface area contributed by atoms with Gasteiger partial charge in [0, 0.05) is 17.1 Å². The monoisotopic (exact) mass is 423 g/mol. The van der Waals surface area contributed by atoms with E-state index in [0.29, 0.717) is 23.7 Å². The maximum absolute atomic E-state index is 13.4. The van der Waals surface area contributed by atoms with Crippen LogP contribution in [0.1, 0.15) is 39.3 Å². The van der Waals surface area contributed by atoms with E-state index in [4.69, 9.17) is 9.47 Å². The van der Waals surface area contributed by atoms with Gasteiger partial charge in [-0.15, -0.1) is 11.3 Å². The van der Waals surface area contributed by atoms with Crippen molar-refractivity contribution in [2.75, 3.05) is 24.9 Å². The second kappa shape index (κ2) is 9.17. The van der Waals surface area contributed by atoms with Crippen LogP contribution >= 0.6 is 11.3 Å². The Morgan fingerprint density at radius 1 is 1.13 bits per heavy atom. The summed E-state index contributed by atoms with van der Waals surface area (Å²) in [7, 11) is 3.19. The molecule has 3 aromatic rings. The van der Waals surface area contributed by atoms with Gasteiger partial charge in [0.25, 0.3) is 5.91 Å². The second-order valence-corrected chi connectivity index (χ2v) is 8.22. The molecule has 0 unspecified atom stereocenters. The first-order chi connectivity index (χ1) is 14.7. The first kappa shape index (κ1) is 20.2. The largest absolute Gasteiger partial charge is 0.497 e. The van der Waals surface area contributed by atoms with Gasteiger partial charge in [-0.3, -0.25) is 9.78 Å². The van der Waals surface area contributed by atoms with Crippen molar-refractivity contribution in [3.8, 4) is 11.5 Å². The number of carbonyl (C=O) groups excluding carboxylic acids is 1. The Hall–Kier alpha value is -3.06. The number of aryl methyl sites for hydroxylation is 1. The molecule has 0 fully saturated rings. The lowest BCUT2D eigenvalue weighted by Crippen LogP contribution is -2.17. The zero-order valence-electron chi connectivity index (χ0n) is 17.2. The third kappa shape index (κ3) is 4.26. The molecule has 2 aromatic heterocycles. The molecule has 30 heavy (non-hydrogen) atoms. The Kier molecular flexibility index (Phi) is 6.18. The molecule has 4 rings (SSSR count). The zero-order valence-corrected chi connectivity index (χ0v) is 18.0. The van der Waals surface area contributed by atoms with Crippen molar-refractivity contribution in [3.05, 3.63) is 64.3 Å². The molecule has 1 aliphatic carbocycles. The minimum Gasteiger partial charge on any atom is -0.497 e. The summed E-state index contributed by atoms with van der Waals surface area (Å²) in [5, 5.41) is 7.37. The van der Waals surface area contributed by atoms with E-state index in [1.54, 1.807) is 50.0 Å². The molecule has 156 valence electrons. The summed E-state index contributed by atoms with van der Waals surface area (Å²) >= 11 is 1.68. The maximum atomic E-state index is 13.4. The normalized spacial score (nSPS) is 12.7. The number of anilines is 2. The van der Waals surface area contributed by atoms with E-state index in [2.05, 4.69) is 15.6 Å². The summed E-state index contributed by atoms with van der Waals surface area (Å²) in [5.74, 6) is 1.12. The maximum Gasteiger partial charge on any atom is 0.259 e. The number of nitrogens with one attached hydrogen (secondary N) is 2. The van der Waals surface area contributed by atoms with E-state index >= 15 is 0 Å². The predicted octanol–water partition coefficient (Wildman–Crippen LogP) is 4.90. The van der Waals surface area contributed by atoms with Crippen LogP contribution in [0.4, 0.5) is 10.7 Å². The fourth-order valence-electron chi connectivity index (χ4n) is 3.70. The lowest BCUT2D eigenvalue weighted by atomic mass is 9.95. The molecule has 0 atom stereocenters. The number of pyridine rings is 1. The summed E-state index contributed by atoms with van der Waals surface area (Å²) in [5.41, 5.74) is 3.42. The second-order valence-electron chi connectivity index (χ2n) is 7.11. The molecule has 2 N–H and O–H groups in total. The molecule has 0 bridgehead atoms. The molecule has 0 saturated carbocycles. The van der Waals surface area contributed by atoms with Gasteiger partial charge in [0.1, 0.15) is 16.5 Å². The van der Waals surface area contributed by atoms with Crippen LogP contribution in [-0.2, 0) is 19.4 Å². The zero-order chi connectivity index (χ0) is 20.9. The van der Waals surface area contributed by atoms with Crippen LogP contribution < -0.4 is 20.1 Å². The molecule has 7 heteroatoms. The summed E-state index contributed by atoms with van der Waals surface area (Å²) in [6, 6.07) is 11.2. The van der Waals surface area contributed by atoms with E-state index in [1.165, 1.54) is 4.88 Å². The van der Waals surface area contributed by atoms with E-state index in [9.17, 15) is 4.79 Å². The SMILES string of the molecule is COc1ccc(OC)c(NC(=O)c2c(NCc3ccccn3)sc3c2CCCC3)c1. The van der Waals surface area contributed by atoms with Gasteiger partial charge in [-0.25, -0.2) is 0 Å². The van der Waals surface area contributed by atoms with Crippen molar-refractivity contribution in [3.63, 3.8) is 0 Å². The summed E-state index contributed by atoms with van der Waals surface area (Å²) in [6.45, 7) is 0.572. The predicted molar refractivity (Wildman–Crippen MR) is 120 cm³/mol. The molecule has 1 aromatic carbocycles. The lowest BCUT2D eigenvalue weighted by molar-refractivity contribution is 0.102. The summed E-state index contributed by atoms with van der Waals surface area (Å²) in [6.07, 6.45) is 5.99. The van der Waals surface area contributed by atoms with Gasteiger partial charge in [-0.2, -0.15) is 0 Å². The topological polar surface area (TPSA) is 72.5 Å². The van der Waals surface area contributed by atoms with Crippen molar-refractivity contribution < 1.29 is 14.3 Å². The Balaban J connectivity index is 1.63. The molecule has 0 spiro atoms. The first-order valence-corrected chi connectivity index (χ1v) is 10.8. The number of hydrogen-bond donors (Lipinski definition) is 2. The van der Waals surface area contributed by atoms with Gasteiger partial charge in [-0.05, 0) is 55.5 Å². The van der Waals surface area contributed by atoms with Crippen LogP contribution in [-0.4, -0.2) is 25.1 Å². The fraction of sp³-hybridized carbons (Fsp3) is 0.304. The first-order valence-electron chi connectivity index (χ1n) is 10.0. The van der Waals surface area contributed by atoms with Crippen LogP contribution in [0, 0.1) is 0 Å². The number of thiophene rings is 1. The molecule has 1 amide bonds. The third-order valence-electron chi connectivity index (χ3n) is 5.21. The van der Waals surface area contributed by atoms with Crippen LogP contribution in [0.25, 0.3) is 0 Å². The number of aromatic nitrogens is 1. The number of amides is 1. The quantitative estimate of drug-likeness (QED) is 0.565.